The number of benzene rings is 1. The maximum Gasteiger partial charge on any atom is 0.199 e. The Morgan fingerprint density at radius 3 is 2.50 bits per heavy atom. The molecule has 1 aromatic carbocycles. The zero-order chi connectivity index (χ0) is 10.1. The summed E-state index contributed by atoms with van der Waals surface area (Å²) in [5.41, 5.74) is 0.704. The lowest BCUT2D eigenvalue weighted by atomic mass is 10.3. The Labute approximate surface area is 85.8 Å². The second kappa shape index (κ2) is 3.27. The number of hydrogen-bond acceptors (Lipinski definition) is 2. The number of halogens is 1. The van der Waals surface area contributed by atoms with Crippen LogP contribution in [0, 0.1) is 0 Å². The van der Waals surface area contributed by atoms with Gasteiger partial charge in [0.2, 0.25) is 0 Å². The van der Waals surface area contributed by atoms with Crippen molar-refractivity contribution < 1.29 is 10.2 Å². The summed E-state index contributed by atoms with van der Waals surface area (Å²) in [5, 5.41) is 19.2. The van der Waals surface area contributed by atoms with Gasteiger partial charge < -0.3 is 10.2 Å². The van der Waals surface area contributed by atoms with Gasteiger partial charge in [-0.05, 0) is 18.2 Å². The molecule has 2 rings (SSSR count). The summed E-state index contributed by atoms with van der Waals surface area (Å²) in [6.07, 6.45) is 1.42. The van der Waals surface area contributed by atoms with E-state index in [1.807, 2.05) is 0 Å². The third-order valence-corrected chi connectivity index (χ3v) is 2.11. The molecule has 0 aliphatic heterocycles. The largest absolute Gasteiger partial charge is 0.506 e. The standard InChI is InChI=1S/C10H8ClNO2/c11-7-2-1-3-8(4-7)12-6-9(13)5-10(12)14/h1-6,13-14H. The predicted octanol–water partition coefficient (Wildman–Crippen LogP) is 2.54. The van der Waals surface area contributed by atoms with Crippen LogP contribution in [0.3, 0.4) is 0 Å². The third-order valence-electron chi connectivity index (χ3n) is 1.87. The van der Waals surface area contributed by atoms with Crippen molar-refractivity contribution in [2.45, 2.75) is 0 Å². The minimum absolute atomic E-state index is 0.0162. The van der Waals surface area contributed by atoms with Crippen LogP contribution in [0.25, 0.3) is 5.69 Å². The van der Waals surface area contributed by atoms with E-state index in [-0.39, 0.29) is 11.6 Å². The summed E-state index contributed by atoms with van der Waals surface area (Å²) < 4.78 is 1.45. The van der Waals surface area contributed by atoms with E-state index >= 15 is 0 Å². The van der Waals surface area contributed by atoms with Gasteiger partial charge in [0.25, 0.3) is 0 Å². The van der Waals surface area contributed by atoms with Crippen molar-refractivity contribution in [3.8, 4) is 17.3 Å². The number of nitrogens with zero attached hydrogens (tertiary/aromatic N) is 1. The molecular formula is C10H8ClNO2. The van der Waals surface area contributed by atoms with Crippen molar-refractivity contribution >= 4 is 11.6 Å². The second-order valence-corrected chi connectivity index (χ2v) is 3.34. The molecule has 2 aromatic rings. The van der Waals surface area contributed by atoms with Gasteiger partial charge in [0, 0.05) is 11.1 Å². The van der Waals surface area contributed by atoms with Crippen LogP contribution in [0.5, 0.6) is 11.6 Å². The fourth-order valence-corrected chi connectivity index (χ4v) is 1.45. The van der Waals surface area contributed by atoms with Crippen LogP contribution in [0.15, 0.2) is 36.5 Å². The molecule has 0 radical (unpaired) electrons. The molecule has 0 atom stereocenters. The smallest absolute Gasteiger partial charge is 0.199 e. The lowest BCUT2D eigenvalue weighted by Gasteiger charge is -2.03. The molecule has 72 valence electrons. The molecule has 0 saturated heterocycles. The van der Waals surface area contributed by atoms with Gasteiger partial charge in [-0.2, -0.15) is 0 Å². The van der Waals surface area contributed by atoms with E-state index in [4.69, 9.17) is 16.7 Å². The zero-order valence-electron chi connectivity index (χ0n) is 7.18. The predicted molar refractivity (Wildman–Crippen MR) is 54.1 cm³/mol. The molecule has 0 saturated carbocycles. The molecule has 4 heteroatoms. The molecule has 0 unspecified atom stereocenters. The van der Waals surface area contributed by atoms with Gasteiger partial charge >= 0.3 is 0 Å². The van der Waals surface area contributed by atoms with Crippen molar-refractivity contribution in [3.63, 3.8) is 0 Å². The third kappa shape index (κ3) is 1.54. The topological polar surface area (TPSA) is 45.4 Å². The van der Waals surface area contributed by atoms with Gasteiger partial charge in [-0.25, -0.2) is 0 Å². The van der Waals surface area contributed by atoms with Crippen LogP contribution < -0.4 is 0 Å². The van der Waals surface area contributed by atoms with Crippen LogP contribution >= 0.6 is 11.6 Å². The highest BCUT2D eigenvalue weighted by Crippen LogP contribution is 2.25. The Bertz CT molecular complexity index is 465. The molecule has 1 heterocycles. The van der Waals surface area contributed by atoms with Crippen molar-refractivity contribution in [1.29, 1.82) is 0 Å². The Morgan fingerprint density at radius 2 is 1.93 bits per heavy atom. The summed E-state index contributed by atoms with van der Waals surface area (Å²) in [4.78, 5) is 0. The highest BCUT2D eigenvalue weighted by atomic mass is 35.5. The van der Waals surface area contributed by atoms with Crippen LogP contribution in [0.4, 0.5) is 0 Å². The molecule has 0 aliphatic rings. The summed E-state index contributed by atoms with van der Waals surface area (Å²) in [6.45, 7) is 0. The molecule has 0 fully saturated rings. The van der Waals surface area contributed by atoms with E-state index in [9.17, 15) is 5.11 Å². The first-order valence-electron chi connectivity index (χ1n) is 4.03. The zero-order valence-corrected chi connectivity index (χ0v) is 7.94. The minimum Gasteiger partial charge on any atom is -0.506 e. The Hall–Kier alpha value is -1.61. The van der Waals surface area contributed by atoms with Gasteiger partial charge in [-0.1, -0.05) is 17.7 Å². The number of aromatic hydroxyl groups is 2. The lowest BCUT2D eigenvalue weighted by molar-refractivity contribution is 0.441. The van der Waals surface area contributed by atoms with E-state index in [0.717, 1.165) is 0 Å². The van der Waals surface area contributed by atoms with Crippen molar-refractivity contribution in [2.75, 3.05) is 0 Å². The number of aromatic nitrogens is 1. The summed E-state index contributed by atoms with van der Waals surface area (Å²) in [5.74, 6) is -0.00718. The molecular weight excluding hydrogens is 202 g/mol. The lowest BCUT2D eigenvalue weighted by Crippen LogP contribution is -1.89. The molecule has 0 bridgehead atoms. The van der Waals surface area contributed by atoms with Crippen molar-refractivity contribution in [2.24, 2.45) is 0 Å². The summed E-state index contributed by atoms with van der Waals surface area (Å²) in [6, 6.07) is 8.26. The molecule has 0 aliphatic carbocycles. The first-order chi connectivity index (χ1) is 6.66. The molecule has 0 spiro atoms. The van der Waals surface area contributed by atoms with Crippen LogP contribution in [-0.4, -0.2) is 14.8 Å². The van der Waals surface area contributed by atoms with Crippen molar-refractivity contribution in [3.05, 3.63) is 41.6 Å². The fourth-order valence-electron chi connectivity index (χ4n) is 1.27. The highest BCUT2D eigenvalue weighted by molar-refractivity contribution is 6.30. The normalized spacial score (nSPS) is 10.4. The molecule has 0 amide bonds. The van der Waals surface area contributed by atoms with Crippen LogP contribution in [0.1, 0.15) is 0 Å². The van der Waals surface area contributed by atoms with E-state index in [0.29, 0.717) is 10.7 Å². The highest BCUT2D eigenvalue weighted by Gasteiger charge is 2.05. The quantitative estimate of drug-likeness (QED) is 0.758. The monoisotopic (exact) mass is 209 g/mol. The Morgan fingerprint density at radius 1 is 1.14 bits per heavy atom. The average molecular weight is 210 g/mol. The first-order valence-corrected chi connectivity index (χ1v) is 4.41. The van der Waals surface area contributed by atoms with E-state index in [2.05, 4.69) is 0 Å². The Balaban J connectivity index is 2.54. The van der Waals surface area contributed by atoms with Gasteiger partial charge in [0.1, 0.15) is 5.75 Å². The number of rotatable bonds is 1. The Kier molecular flexibility index (Phi) is 2.09. The van der Waals surface area contributed by atoms with Crippen LogP contribution in [-0.2, 0) is 0 Å². The van der Waals surface area contributed by atoms with Gasteiger partial charge in [-0.15, -0.1) is 0 Å². The SMILES string of the molecule is Oc1cc(O)n(-c2cccc(Cl)c2)c1. The maximum atomic E-state index is 9.44. The minimum atomic E-state index is -0.0234. The van der Waals surface area contributed by atoms with E-state index < -0.39 is 0 Å². The fraction of sp³-hybridized carbons (Fsp3) is 0. The summed E-state index contributed by atoms with van der Waals surface area (Å²) >= 11 is 5.80. The molecule has 3 nitrogen and oxygen atoms in total. The van der Waals surface area contributed by atoms with Gasteiger partial charge in [-0.3, -0.25) is 4.57 Å². The maximum absolute atomic E-state index is 9.44. The van der Waals surface area contributed by atoms with Gasteiger partial charge in [0.05, 0.1) is 11.9 Å². The molecule has 1 aromatic heterocycles. The van der Waals surface area contributed by atoms with E-state index in [1.54, 1.807) is 24.3 Å². The molecule has 14 heavy (non-hydrogen) atoms. The molecule has 2 N–H and O–H groups in total. The number of hydrogen-bond donors (Lipinski definition) is 2. The first kappa shape index (κ1) is 8.97. The van der Waals surface area contributed by atoms with Gasteiger partial charge in [0.15, 0.2) is 5.88 Å². The van der Waals surface area contributed by atoms with Crippen molar-refractivity contribution in [1.82, 2.24) is 4.57 Å². The summed E-state index contributed by atoms with van der Waals surface area (Å²) in [7, 11) is 0. The second-order valence-electron chi connectivity index (χ2n) is 2.91. The van der Waals surface area contributed by atoms with Crippen LogP contribution in [0.2, 0.25) is 5.02 Å². The van der Waals surface area contributed by atoms with E-state index in [1.165, 1.54) is 16.8 Å². The average Bonchev–Trinajstić information content (AvgIpc) is 2.45.